The molecule has 2 bridgehead atoms. The largest absolute Gasteiger partial charge is 0.120 e. The number of hydrogen-bond acceptors (Lipinski definition) is 0. The Kier molecular flexibility index (Phi) is 1.34. The molecule has 0 amide bonds. The first-order chi connectivity index (χ1) is 5.16. The molecule has 0 N–H and O–H groups in total. The summed E-state index contributed by atoms with van der Waals surface area (Å²) in [6.07, 6.45) is 9.55. The van der Waals surface area contributed by atoms with Crippen molar-refractivity contribution in [2.45, 2.75) is 33.1 Å². The predicted octanol–water partition coefficient (Wildman–Crippen LogP) is 2.69. The second kappa shape index (κ2) is 2.03. The molecular weight excluding hydrogens is 132 g/mol. The van der Waals surface area contributed by atoms with Gasteiger partial charge in [-0.1, -0.05) is 13.8 Å². The van der Waals surface area contributed by atoms with Crippen molar-refractivity contribution in [2.75, 3.05) is 0 Å². The SMILES string of the molecule is C#CC1CCC2CC1C2(C)C. The quantitative estimate of drug-likeness (QED) is 0.463. The molecule has 0 aromatic rings. The van der Waals surface area contributed by atoms with Gasteiger partial charge in [-0.25, -0.2) is 0 Å². The van der Waals surface area contributed by atoms with Crippen LogP contribution in [0.5, 0.6) is 0 Å². The molecule has 0 nitrogen and oxygen atoms in total. The Morgan fingerprint density at radius 2 is 2.09 bits per heavy atom. The van der Waals surface area contributed by atoms with E-state index in [1.807, 2.05) is 0 Å². The van der Waals surface area contributed by atoms with Crippen LogP contribution < -0.4 is 0 Å². The first-order valence-corrected chi connectivity index (χ1v) is 4.62. The number of rotatable bonds is 0. The average molecular weight is 148 g/mol. The Labute approximate surface area is 69.4 Å². The van der Waals surface area contributed by atoms with Crippen molar-refractivity contribution in [3.63, 3.8) is 0 Å². The van der Waals surface area contributed by atoms with Crippen molar-refractivity contribution in [2.24, 2.45) is 23.2 Å². The minimum absolute atomic E-state index is 0.565. The third-order valence-electron chi connectivity index (χ3n) is 4.07. The van der Waals surface area contributed by atoms with Gasteiger partial charge in [0.25, 0.3) is 0 Å². The summed E-state index contributed by atoms with van der Waals surface area (Å²) in [5.74, 6) is 5.36. The minimum atomic E-state index is 0.565. The van der Waals surface area contributed by atoms with E-state index in [9.17, 15) is 0 Å². The zero-order valence-electron chi connectivity index (χ0n) is 7.43. The molecule has 0 aromatic carbocycles. The predicted molar refractivity (Wildman–Crippen MR) is 46.9 cm³/mol. The topological polar surface area (TPSA) is 0 Å². The van der Waals surface area contributed by atoms with Crippen LogP contribution in [0.2, 0.25) is 0 Å². The summed E-state index contributed by atoms with van der Waals surface area (Å²) in [4.78, 5) is 0. The van der Waals surface area contributed by atoms with E-state index in [1.54, 1.807) is 0 Å². The maximum Gasteiger partial charge on any atom is 0.0233 e. The summed E-state index contributed by atoms with van der Waals surface area (Å²) in [7, 11) is 0. The van der Waals surface area contributed by atoms with Gasteiger partial charge in [0.2, 0.25) is 0 Å². The van der Waals surface area contributed by atoms with E-state index in [1.165, 1.54) is 19.3 Å². The maximum absolute atomic E-state index is 5.49. The van der Waals surface area contributed by atoms with Crippen LogP contribution in [0, 0.1) is 35.5 Å². The van der Waals surface area contributed by atoms with Gasteiger partial charge >= 0.3 is 0 Å². The molecule has 3 rings (SSSR count). The number of hydrogen-bond donors (Lipinski definition) is 0. The van der Waals surface area contributed by atoms with Gasteiger partial charge in [0.1, 0.15) is 0 Å². The molecule has 0 spiro atoms. The molecule has 3 atom stereocenters. The average Bonchev–Trinajstić information content (AvgIpc) is 2.04. The summed E-state index contributed by atoms with van der Waals surface area (Å²) in [6, 6.07) is 0. The van der Waals surface area contributed by atoms with Gasteiger partial charge in [-0.3, -0.25) is 0 Å². The Morgan fingerprint density at radius 1 is 1.36 bits per heavy atom. The molecule has 0 heterocycles. The van der Waals surface area contributed by atoms with Crippen LogP contribution in [0.1, 0.15) is 33.1 Å². The van der Waals surface area contributed by atoms with Crippen LogP contribution in [0.4, 0.5) is 0 Å². The number of terminal acetylenes is 1. The molecule has 3 aliphatic rings. The normalized spacial score (nSPS) is 45.7. The van der Waals surface area contributed by atoms with Crippen molar-refractivity contribution in [1.82, 2.24) is 0 Å². The van der Waals surface area contributed by atoms with E-state index in [4.69, 9.17) is 6.42 Å². The lowest BCUT2D eigenvalue weighted by molar-refractivity contribution is -0.0876. The van der Waals surface area contributed by atoms with Crippen LogP contribution >= 0.6 is 0 Å². The van der Waals surface area contributed by atoms with Crippen molar-refractivity contribution < 1.29 is 0 Å². The van der Waals surface area contributed by atoms with E-state index >= 15 is 0 Å². The highest BCUT2D eigenvalue weighted by Gasteiger charge is 2.53. The van der Waals surface area contributed by atoms with Gasteiger partial charge in [-0.05, 0) is 36.5 Å². The highest BCUT2D eigenvalue weighted by atomic mass is 14.6. The van der Waals surface area contributed by atoms with Crippen LogP contribution in [0.3, 0.4) is 0 Å². The van der Waals surface area contributed by atoms with Crippen LogP contribution in [0.15, 0.2) is 0 Å². The van der Waals surface area contributed by atoms with Crippen molar-refractivity contribution in [3.05, 3.63) is 0 Å². The van der Waals surface area contributed by atoms with Gasteiger partial charge in [-0.15, -0.1) is 12.3 Å². The maximum atomic E-state index is 5.49. The highest BCUT2D eigenvalue weighted by Crippen LogP contribution is 2.61. The zero-order valence-corrected chi connectivity index (χ0v) is 7.43. The Morgan fingerprint density at radius 3 is 2.45 bits per heavy atom. The van der Waals surface area contributed by atoms with E-state index in [0.717, 1.165) is 11.8 Å². The van der Waals surface area contributed by atoms with Crippen LogP contribution in [-0.4, -0.2) is 0 Å². The fraction of sp³-hybridized carbons (Fsp3) is 0.818. The second-order valence-electron chi connectivity index (χ2n) is 4.71. The van der Waals surface area contributed by atoms with Gasteiger partial charge in [0.05, 0.1) is 0 Å². The minimum Gasteiger partial charge on any atom is -0.120 e. The van der Waals surface area contributed by atoms with Crippen LogP contribution in [-0.2, 0) is 0 Å². The van der Waals surface area contributed by atoms with E-state index in [2.05, 4.69) is 19.8 Å². The fourth-order valence-electron chi connectivity index (χ4n) is 3.01. The number of fused-ring (bicyclic) bond motifs is 2. The van der Waals surface area contributed by atoms with Crippen molar-refractivity contribution >= 4 is 0 Å². The molecule has 60 valence electrons. The first-order valence-electron chi connectivity index (χ1n) is 4.62. The van der Waals surface area contributed by atoms with Gasteiger partial charge in [-0.2, -0.15) is 0 Å². The Hall–Kier alpha value is -0.440. The zero-order chi connectivity index (χ0) is 8.06. The molecular formula is C11H16. The van der Waals surface area contributed by atoms with Gasteiger partial charge < -0.3 is 0 Å². The third-order valence-corrected chi connectivity index (χ3v) is 4.07. The lowest BCUT2D eigenvalue weighted by Crippen LogP contribution is -2.51. The molecule has 3 saturated carbocycles. The lowest BCUT2D eigenvalue weighted by atomic mass is 9.46. The lowest BCUT2D eigenvalue weighted by Gasteiger charge is -2.59. The van der Waals surface area contributed by atoms with E-state index in [0.29, 0.717) is 11.3 Å². The van der Waals surface area contributed by atoms with Crippen LogP contribution in [0.25, 0.3) is 0 Å². The van der Waals surface area contributed by atoms with E-state index < -0.39 is 0 Å². The molecule has 0 aliphatic heterocycles. The Balaban J connectivity index is 2.18. The molecule has 0 aromatic heterocycles. The van der Waals surface area contributed by atoms with Crippen molar-refractivity contribution in [1.29, 1.82) is 0 Å². The highest BCUT2D eigenvalue weighted by molar-refractivity contribution is 5.11. The summed E-state index contributed by atoms with van der Waals surface area (Å²) < 4.78 is 0. The van der Waals surface area contributed by atoms with Crippen molar-refractivity contribution in [3.8, 4) is 12.3 Å². The molecule has 0 heteroatoms. The molecule has 3 fully saturated rings. The smallest absolute Gasteiger partial charge is 0.0233 e. The van der Waals surface area contributed by atoms with Gasteiger partial charge in [0.15, 0.2) is 0 Å². The first kappa shape index (κ1) is 7.22. The molecule has 0 radical (unpaired) electrons. The standard InChI is InChI=1S/C11H16/c1-4-8-5-6-9-7-10(8)11(9,2)3/h1,8-10H,5-7H2,2-3H3. The second-order valence-corrected chi connectivity index (χ2v) is 4.71. The fourth-order valence-corrected chi connectivity index (χ4v) is 3.01. The molecule has 0 saturated heterocycles. The molecule has 11 heavy (non-hydrogen) atoms. The van der Waals surface area contributed by atoms with Gasteiger partial charge in [0, 0.05) is 5.92 Å². The Bertz CT molecular complexity index is 205. The summed E-state index contributed by atoms with van der Waals surface area (Å²) in [5.41, 5.74) is 0.565. The summed E-state index contributed by atoms with van der Waals surface area (Å²) in [6.45, 7) is 4.77. The summed E-state index contributed by atoms with van der Waals surface area (Å²) >= 11 is 0. The third kappa shape index (κ3) is 0.775. The monoisotopic (exact) mass is 148 g/mol. The van der Waals surface area contributed by atoms with E-state index in [-0.39, 0.29) is 0 Å². The molecule has 3 unspecified atom stereocenters. The summed E-state index contributed by atoms with van der Waals surface area (Å²) in [5, 5.41) is 0. The molecule has 3 aliphatic carbocycles.